The predicted octanol–water partition coefficient (Wildman–Crippen LogP) is 6.51. The lowest BCUT2D eigenvalue weighted by atomic mass is 10.2. The highest BCUT2D eigenvalue weighted by atomic mass is 79.9. The normalized spacial score (nSPS) is 11.7. The molecule has 0 unspecified atom stereocenters. The third-order valence-electron chi connectivity index (χ3n) is 6.17. The molecular weight excluding hydrogens is 596 g/mol. The van der Waals surface area contributed by atoms with Crippen molar-refractivity contribution >= 4 is 58.5 Å². The van der Waals surface area contributed by atoms with E-state index in [4.69, 9.17) is 4.98 Å². The maximum absolute atomic E-state index is 13.8. The molecule has 0 atom stereocenters. The average molecular weight is 622 g/mol. The van der Waals surface area contributed by atoms with Gasteiger partial charge in [0.15, 0.2) is 5.13 Å². The van der Waals surface area contributed by atoms with Crippen LogP contribution in [0.1, 0.15) is 28.4 Å². The summed E-state index contributed by atoms with van der Waals surface area (Å²) in [5.74, 6) is -0.280. The fraction of sp³-hybridized carbons (Fsp3) is 0.138. The predicted molar refractivity (Wildman–Crippen MR) is 158 cm³/mol. The van der Waals surface area contributed by atoms with Gasteiger partial charge in [-0.1, -0.05) is 70.6 Å². The van der Waals surface area contributed by atoms with Gasteiger partial charge in [0.05, 0.1) is 21.7 Å². The lowest BCUT2D eigenvalue weighted by Gasteiger charge is -2.22. The Morgan fingerprint density at radius 2 is 1.67 bits per heavy atom. The van der Waals surface area contributed by atoms with Crippen LogP contribution in [0.5, 0.6) is 0 Å². The minimum Gasteiger partial charge on any atom is -0.279 e. The number of thiazole rings is 1. The van der Waals surface area contributed by atoms with Crippen molar-refractivity contribution in [3.05, 3.63) is 118 Å². The van der Waals surface area contributed by atoms with E-state index >= 15 is 0 Å². The van der Waals surface area contributed by atoms with E-state index in [1.807, 2.05) is 67.6 Å². The number of halogens is 1. The van der Waals surface area contributed by atoms with Crippen LogP contribution in [0.2, 0.25) is 0 Å². The number of nitrogens with zero attached hydrogens (tertiary/aromatic N) is 4. The molecule has 198 valence electrons. The molecule has 1 amide bonds. The number of fused-ring (bicyclic) bond motifs is 1. The zero-order valence-corrected chi connectivity index (χ0v) is 24.3. The number of aromatic nitrogens is 2. The molecule has 10 heteroatoms. The molecule has 0 aliphatic heterocycles. The second-order valence-electron chi connectivity index (χ2n) is 8.80. The lowest BCUT2D eigenvalue weighted by molar-refractivity contribution is 0.0985. The van der Waals surface area contributed by atoms with Gasteiger partial charge < -0.3 is 0 Å². The van der Waals surface area contributed by atoms with Crippen LogP contribution in [0.25, 0.3) is 10.2 Å². The number of anilines is 1. The minimum atomic E-state index is -3.75. The van der Waals surface area contributed by atoms with Crippen LogP contribution < -0.4 is 4.90 Å². The molecule has 7 nitrogen and oxygen atoms in total. The standard InChI is InChI=1S/C29H25BrN4O3S2/c1-2-33(19-21-7-4-3-5-8-21)39(36,37)25-13-10-23(11-14-25)28(35)34(20-22-9-6-16-31-18-22)29-32-26-15-12-24(30)17-27(26)38-29/h3-18H,2,19-20H2,1H3. The Bertz CT molecular complexity index is 1690. The van der Waals surface area contributed by atoms with Crippen molar-refractivity contribution in [1.29, 1.82) is 0 Å². The summed E-state index contributed by atoms with van der Waals surface area (Å²) in [6.45, 7) is 2.68. The first-order valence-electron chi connectivity index (χ1n) is 12.3. The van der Waals surface area contributed by atoms with Gasteiger partial charge in [0.2, 0.25) is 10.0 Å². The van der Waals surface area contributed by atoms with Gasteiger partial charge in [0.25, 0.3) is 5.91 Å². The second-order valence-corrected chi connectivity index (χ2v) is 12.7. The first-order valence-corrected chi connectivity index (χ1v) is 15.3. The van der Waals surface area contributed by atoms with Crippen LogP contribution in [-0.2, 0) is 23.1 Å². The highest BCUT2D eigenvalue weighted by molar-refractivity contribution is 9.10. The van der Waals surface area contributed by atoms with Gasteiger partial charge in [-0.15, -0.1) is 0 Å². The van der Waals surface area contributed by atoms with Crippen LogP contribution in [-0.4, -0.2) is 35.1 Å². The van der Waals surface area contributed by atoms with Crippen molar-refractivity contribution in [3.8, 4) is 0 Å². The van der Waals surface area contributed by atoms with Crippen molar-refractivity contribution in [3.63, 3.8) is 0 Å². The SMILES string of the molecule is CCN(Cc1ccccc1)S(=O)(=O)c1ccc(C(=O)N(Cc2cccnc2)c2nc3ccc(Br)cc3s2)cc1. The maximum atomic E-state index is 13.8. The summed E-state index contributed by atoms with van der Waals surface area (Å²) in [5, 5.41) is 0.550. The highest BCUT2D eigenvalue weighted by Gasteiger charge is 2.26. The zero-order chi connectivity index (χ0) is 27.4. The molecule has 0 bridgehead atoms. The first-order chi connectivity index (χ1) is 18.8. The molecule has 0 radical (unpaired) electrons. The van der Waals surface area contributed by atoms with Crippen molar-refractivity contribution in [2.75, 3.05) is 11.4 Å². The number of carbonyl (C=O) groups excluding carboxylic acids is 1. The van der Waals surface area contributed by atoms with E-state index in [1.165, 1.54) is 27.8 Å². The summed E-state index contributed by atoms with van der Waals surface area (Å²) in [6.07, 6.45) is 3.40. The third kappa shape index (κ3) is 6.09. The fourth-order valence-electron chi connectivity index (χ4n) is 4.13. The Kier molecular flexibility index (Phi) is 8.18. The Morgan fingerprint density at radius 3 is 2.36 bits per heavy atom. The number of pyridine rings is 1. The number of hydrogen-bond donors (Lipinski definition) is 0. The molecule has 0 spiro atoms. The van der Waals surface area contributed by atoms with Gasteiger partial charge in [0, 0.05) is 35.5 Å². The largest absolute Gasteiger partial charge is 0.279 e. The number of carbonyl (C=O) groups is 1. The Hall–Kier alpha value is -3.44. The Labute approximate surface area is 239 Å². The van der Waals surface area contributed by atoms with Gasteiger partial charge in [-0.2, -0.15) is 4.31 Å². The topological polar surface area (TPSA) is 83.5 Å². The van der Waals surface area contributed by atoms with E-state index < -0.39 is 10.0 Å². The van der Waals surface area contributed by atoms with E-state index in [1.54, 1.807) is 29.4 Å². The number of amides is 1. The Morgan fingerprint density at radius 1 is 0.923 bits per heavy atom. The maximum Gasteiger partial charge on any atom is 0.260 e. The van der Waals surface area contributed by atoms with Gasteiger partial charge in [-0.05, 0) is 59.7 Å². The first kappa shape index (κ1) is 27.1. The number of hydrogen-bond acceptors (Lipinski definition) is 6. The fourth-order valence-corrected chi connectivity index (χ4v) is 7.08. The molecule has 3 aromatic carbocycles. The van der Waals surface area contributed by atoms with E-state index in [0.29, 0.717) is 17.2 Å². The van der Waals surface area contributed by atoms with Gasteiger partial charge in [-0.3, -0.25) is 14.7 Å². The van der Waals surface area contributed by atoms with Crippen LogP contribution in [0.3, 0.4) is 0 Å². The van der Waals surface area contributed by atoms with Gasteiger partial charge >= 0.3 is 0 Å². The summed E-state index contributed by atoms with van der Waals surface area (Å²) in [5.41, 5.74) is 2.92. The van der Waals surface area contributed by atoms with Crippen molar-refractivity contribution < 1.29 is 13.2 Å². The zero-order valence-electron chi connectivity index (χ0n) is 21.1. The smallest absolute Gasteiger partial charge is 0.260 e. The van der Waals surface area contributed by atoms with Gasteiger partial charge in [-0.25, -0.2) is 13.4 Å². The number of rotatable bonds is 9. The molecule has 2 heterocycles. The second kappa shape index (κ2) is 11.7. The van der Waals surface area contributed by atoms with Crippen LogP contribution in [0.15, 0.2) is 107 Å². The molecule has 5 aromatic rings. The van der Waals surface area contributed by atoms with Crippen molar-refractivity contribution in [2.45, 2.75) is 24.9 Å². The lowest BCUT2D eigenvalue weighted by Crippen LogP contribution is -2.31. The summed E-state index contributed by atoms with van der Waals surface area (Å²) < 4.78 is 30.1. The van der Waals surface area contributed by atoms with E-state index in [-0.39, 0.29) is 23.9 Å². The van der Waals surface area contributed by atoms with E-state index in [0.717, 1.165) is 25.8 Å². The minimum absolute atomic E-state index is 0.139. The quantitative estimate of drug-likeness (QED) is 0.187. The molecule has 5 rings (SSSR count). The molecule has 39 heavy (non-hydrogen) atoms. The van der Waals surface area contributed by atoms with E-state index in [9.17, 15) is 13.2 Å². The van der Waals surface area contributed by atoms with Crippen molar-refractivity contribution in [2.24, 2.45) is 0 Å². The summed E-state index contributed by atoms with van der Waals surface area (Å²) >= 11 is 4.91. The number of benzene rings is 3. The Balaban J connectivity index is 1.44. The molecular formula is C29H25BrN4O3S2. The molecule has 0 fully saturated rings. The molecule has 2 aromatic heterocycles. The summed E-state index contributed by atoms with van der Waals surface area (Å²) in [7, 11) is -3.75. The highest BCUT2D eigenvalue weighted by Crippen LogP contribution is 2.32. The van der Waals surface area contributed by atoms with Crippen LogP contribution in [0.4, 0.5) is 5.13 Å². The van der Waals surface area contributed by atoms with Crippen LogP contribution in [0, 0.1) is 0 Å². The number of sulfonamides is 1. The molecule has 0 saturated heterocycles. The molecule has 0 aliphatic carbocycles. The van der Waals surface area contributed by atoms with Crippen molar-refractivity contribution in [1.82, 2.24) is 14.3 Å². The molecule has 0 N–H and O–H groups in total. The summed E-state index contributed by atoms with van der Waals surface area (Å²) in [4.78, 5) is 24.4. The summed E-state index contributed by atoms with van der Waals surface area (Å²) in [6, 6.07) is 25.1. The third-order valence-corrected chi connectivity index (χ3v) is 9.64. The van der Waals surface area contributed by atoms with E-state index in [2.05, 4.69) is 20.9 Å². The molecule has 0 saturated carbocycles. The van der Waals surface area contributed by atoms with Gasteiger partial charge in [0.1, 0.15) is 0 Å². The van der Waals surface area contributed by atoms with Crippen LogP contribution >= 0.6 is 27.3 Å². The monoisotopic (exact) mass is 620 g/mol. The average Bonchev–Trinajstić information content (AvgIpc) is 3.38. The molecule has 0 aliphatic rings.